The summed E-state index contributed by atoms with van der Waals surface area (Å²) in [6.07, 6.45) is 1.86. The van der Waals surface area contributed by atoms with E-state index in [4.69, 9.17) is 14.6 Å². The van der Waals surface area contributed by atoms with Crippen LogP contribution in [0.3, 0.4) is 0 Å². The number of ether oxygens (including phenoxy) is 2. The summed E-state index contributed by atoms with van der Waals surface area (Å²) in [4.78, 5) is 25.8. The van der Waals surface area contributed by atoms with Crippen molar-refractivity contribution in [3.8, 4) is 0 Å². The van der Waals surface area contributed by atoms with Crippen LogP contribution in [0.5, 0.6) is 0 Å². The predicted octanol–water partition coefficient (Wildman–Crippen LogP) is 1.04. The number of carbonyl (C=O) groups is 1. The van der Waals surface area contributed by atoms with Crippen molar-refractivity contribution in [2.24, 2.45) is 5.92 Å². The highest BCUT2D eigenvalue weighted by atomic mass is 16.5. The van der Waals surface area contributed by atoms with E-state index < -0.39 is 0 Å². The number of likely N-dealkylation sites (tertiary alicyclic amines) is 1. The molecular weight excluding hydrogens is 360 g/mol. The Morgan fingerprint density at radius 2 is 2.11 bits per heavy atom. The lowest BCUT2D eigenvalue weighted by atomic mass is 9.98. The van der Waals surface area contributed by atoms with Crippen molar-refractivity contribution in [2.45, 2.75) is 33.2 Å². The van der Waals surface area contributed by atoms with E-state index in [-0.39, 0.29) is 11.9 Å². The fourth-order valence-corrected chi connectivity index (χ4v) is 3.95. The first kappa shape index (κ1) is 19.1. The van der Waals surface area contributed by atoms with Gasteiger partial charge in [-0.25, -0.2) is 4.98 Å². The van der Waals surface area contributed by atoms with E-state index in [0.29, 0.717) is 38.7 Å². The number of rotatable bonds is 5. The van der Waals surface area contributed by atoms with Gasteiger partial charge in [0.1, 0.15) is 5.82 Å². The van der Waals surface area contributed by atoms with Crippen LogP contribution in [-0.4, -0.2) is 76.5 Å². The largest absolute Gasteiger partial charge is 0.466 e. The number of hydrogen-bond acceptors (Lipinski definition) is 8. The summed E-state index contributed by atoms with van der Waals surface area (Å²) in [5.41, 5.74) is 0.924. The van der Waals surface area contributed by atoms with Gasteiger partial charge in [-0.1, -0.05) is 0 Å². The number of aromatic nitrogens is 4. The first-order chi connectivity index (χ1) is 13.6. The fraction of sp³-hybridized carbons (Fsp3) is 0.684. The molecule has 2 aliphatic heterocycles. The Hall–Kier alpha value is -2.26. The predicted molar refractivity (Wildman–Crippen MR) is 103 cm³/mol. The quantitative estimate of drug-likeness (QED) is 0.703. The van der Waals surface area contributed by atoms with Crippen molar-refractivity contribution in [1.29, 1.82) is 0 Å². The van der Waals surface area contributed by atoms with Crippen molar-refractivity contribution in [1.82, 2.24) is 24.5 Å². The van der Waals surface area contributed by atoms with Crippen LogP contribution in [0, 0.1) is 12.8 Å². The van der Waals surface area contributed by atoms with Gasteiger partial charge in [0.15, 0.2) is 5.82 Å². The molecular formula is C19H28N6O3. The first-order valence-corrected chi connectivity index (χ1v) is 10.1. The van der Waals surface area contributed by atoms with Gasteiger partial charge in [-0.15, -0.1) is 5.10 Å². The van der Waals surface area contributed by atoms with Crippen LogP contribution in [0.2, 0.25) is 0 Å². The Morgan fingerprint density at radius 3 is 2.89 bits per heavy atom. The molecule has 0 bridgehead atoms. The van der Waals surface area contributed by atoms with Crippen molar-refractivity contribution < 1.29 is 14.3 Å². The number of hydrogen-bond donors (Lipinski definition) is 0. The molecule has 2 saturated heterocycles. The molecule has 4 rings (SSSR count). The maximum atomic E-state index is 12.1. The molecule has 2 aromatic heterocycles. The van der Waals surface area contributed by atoms with E-state index in [9.17, 15) is 4.79 Å². The van der Waals surface area contributed by atoms with Crippen molar-refractivity contribution in [3.63, 3.8) is 0 Å². The van der Waals surface area contributed by atoms with Gasteiger partial charge in [0.2, 0.25) is 0 Å². The van der Waals surface area contributed by atoms with E-state index in [2.05, 4.69) is 25.8 Å². The molecule has 0 radical (unpaired) electrons. The third-order valence-corrected chi connectivity index (χ3v) is 5.29. The summed E-state index contributed by atoms with van der Waals surface area (Å²) >= 11 is 0. The smallest absolute Gasteiger partial charge is 0.310 e. The Balaban J connectivity index is 1.52. The third kappa shape index (κ3) is 4.10. The molecule has 4 heterocycles. The van der Waals surface area contributed by atoms with Gasteiger partial charge in [-0.3, -0.25) is 9.69 Å². The lowest BCUT2D eigenvalue weighted by Gasteiger charge is -2.30. The minimum Gasteiger partial charge on any atom is -0.466 e. The number of esters is 1. The van der Waals surface area contributed by atoms with E-state index in [1.54, 1.807) is 0 Å². The second-order valence-electron chi connectivity index (χ2n) is 7.42. The Morgan fingerprint density at radius 1 is 1.29 bits per heavy atom. The molecule has 0 saturated carbocycles. The molecule has 0 N–H and O–H groups in total. The van der Waals surface area contributed by atoms with Gasteiger partial charge < -0.3 is 14.4 Å². The SMILES string of the molecule is CCOC(=O)[C@H]1CCCN(Cc2nc3nc(C)cc(N4CCOCC4)n3n2)C1. The summed E-state index contributed by atoms with van der Waals surface area (Å²) in [7, 11) is 0. The molecule has 152 valence electrons. The monoisotopic (exact) mass is 388 g/mol. The molecule has 9 heteroatoms. The number of fused-ring (bicyclic) bond motifs is 1. The van der Waals surface area contributed by atoms with Crippen molar-refractivity contribution >= 4 is 17.6 Å². The standard InChI is InChI=1S/C19H28N6O3/c1-3-28-18(26)15-5-4-6-23(12-15)13-16-21-19-20-14(2)11-17(25(19)22-16)24-7-9-27-10-8-24/h11,15H,3-10,12-13H2,1-2H3/t15-/m0/s1. The molecule has 0 aromatic carbocycles. The minimum absolute atomic E-state index is 0.0602. The van der Waals surface area contributed by atoms with Crippen LogP contribution >= 0.6 is 0 Å². The summed E-state index contributed by atoms with van der Waals surface area (Å²) in [5, 5.41) is 4.73. The van der Waals surface area contributed by atoms with Crippen LogP contribution in [-0.2, 0) is 20.8 Å². The Bertz CT molecular complexity index is 832. The molecule has 2 aliphatic rings. The van der Waals surface area contributed by atoms with Crippen molar-refractivity contribution in [3.05, 3.63) is 17.6 Å². The number of morpholine rings is 1. The molecule has 1 atom stereocenters. The van der Waals surface area contributed by atoms with E-state index in [0.717, 1.165) is 49.8 Å². The highest BCUT2D eigenvalue weighted by Gasteiger charge is 2.28. The zero-order valence-electron chi connectivity index (χ0n) is 16.6. The van der Waals surface area contributed by atoms with Crippen LogP contribution in [0.15, 0.2) is 6.07 Å². The van der Waals surface area contributed by atoms with E-state index in [1.807, 2.05) is 18.4 Å². The van der Waals surface area contributed by atoms with Gasteiger partial charge in [-0.05, 0) is 33.2 Å². The average Bonchev–Trinajstić information content (AvgIpc) is 3.10. The topological polar surface area (TPSA) is 85.1 Å². The first-order valence-electron chi connectivity index (χ1n) is 10.1. The Kier molecular flexibility index (Phi) is 5.72. The molecule has 2 fully saturated rings. The number of carbonyl (C=O) groups excluding carboxylic acids is 1. The highest BCUT2D eigenvalue weighted by molar-refractivity contribution is 5.72. The van der Waals surface area contributed by atoms with Crippen LogP contribution in [0.25, 0.3) is 5.78 Å². The molecule has 0 unspecified atom stereocenters. The highest BCUT2D eigenvalue weighted by Crippen LogP contribution is 2.21. The minimum atomic E-state index is -0.0953. The van der Waals surface area contributed by atoms with Crippen LogP contribution in [0.4, 0.5) is 5.82 Å². The number of aryl methyl sites for hydroxylation is 1. The van der Waals surface area contributed by atoms with Gasteiger partial charge in [-0.2, -0.15) is 9.50 Å². The van der Waals surface area contributed by atoms with Gasteiger partial charge in [0.25, 0.3) is 5.78 Å². The zero-order valence-corrected chi connectivity index (χ0v) is 16.6. The number of anilines is 1. The molecule has 0 spiro atoms. The summed E-state index contributed by atoms with van der Waals surface area (Å²) in [5.74, 6) is 2.21. The summed E-state index contributed by atoms with van der Waals surface area (Å²) < 4.78 is 12.5. The summed E-state index contributed by atoms with van der Waals surface area (Å²) in [6.45, 7) is 9.60. The van der Waals surface area contributed by atoms with Crippen molar-refractivity contribution in [2.75, 3.05) is 50.9 Å². The average molecular weight is 388 g/mol. The molecule has 28 heavy (non-hydrogen) atoms. The lowest BCUT2D eigenvalue weighted by Crippen LogP contribution is -2.39. The van der Waals surface area contributed by atoms with Crippen LogP contribution < -0.4 is 4.90 Å². The molecule has 2 aromatic rings. The van der Waals surface area contributed by atoms with Gasteiger partial charge in [0.05, 0.1) is 32.3 Å². The van der Waals surface area contributed by atoms with E-state index >= 15 is 0 Å². The fourth-order valence-electron chi connectivity index (χ4n) is 3.95. The lowest BCUT2D eigenvalue weighted by molar-refractivity contribution is -0.150. The van der Waals surface area contributed by atoms with Crippen LogP contribution in [0.1, 0.15) is 31.3 Å². The molecule has 9 nitrogen and oxygen atoms in total. The van der Waals surface area contributed by atoms with Gasteiger partial charge in [0, 0.05) is 31.4 Å². The number of piperidine rings is 1. The zero-order chi connectivity index (χ0) is 19.5. The van der Waals surface area contributed by atoms with E-state index in [1.165, 1.54) is 0 Å². The normalized spacial score (nSPS) is 21.2. The Labute approximate surface area is 164 Å². The third-order valence-electron chi connectivity index (χ3n) is 5.29. The maximum absolute atomic E-state index is 12.1. The second-order valence-corrected chi connectivity index (χ2v) is 7.42. The van der Waals surface area contributed by atoms with Gasteiger partial charge >= 0.3 is 5.97 Å². The second kappa shape index (κ2) is 8.40. The molecule has 0 amide bonds. The number of nitrogens with zero attached hydrogens (tertiary/aromatic N) is 6. The maximum Gasteiger partial charge on any atom is 0.310 e. The molecule has 0 aliphatic carbocycles. The summed E-state index contributed by atoms with van der Waals surface area (Å²) in [6, 6.07) is 2.05.